The summed E-state index contributed by atoms with van der Waals surface area (Å²) in [5, 5.41) is 17.7. The second-order valence-corrected chi connectivity index (χ2v) is 7.09. The molecule has 4 rings (SSSR count). The van der Waals surface area contributed by atoms with E-state index in [9.17, 15) is 4.79 Å². The molecule has 0 aromatic carbocycles. The zero-order valence-corrected chi connectivity index (χ0v) is 15.0. The van der Waals surface area contributed by atoms with Gasteiger partial charge in [0, 0.05) is 42.8 Å². The molecule has 1 amide bonds. The minimum atomic E-state index is -0.270. The van der Waals surface area contributed by atoms with E-state index in [4.69, 9.17) is 0 Å². The van der Waals surface area contributed by atoms with E-state index in [-0.39, 0.29) is 11.8 Å². The molecule has 0 bridgehead atoms. The molecule has 0 unspecified atom stereocenters. The minimum Gasteiger partial charge on any atom is -0.355 e. The molecule has 26 heavy (non-hydrogen) atoms. The maximum absolute atomic E-state index is 12.6. The van der Waals surface area contributed by atoms with Crippen molar-refractivity contribution >= 4 is 17.2 Å². The zero-order valence-electron chi connectivity index (χ0n) is 14.2. The van der Waals surface area contributed by atoms with Crippen LogP contribution in [0.4, 0.5) is 0 Å². The number of hydrogen-bond acceptors (Lipinski definition) is 7. The van der Waals surface area contributed by atoms with E-state index >= 15 is 0 Å². The molecule has 0 radical (unpaired) electrons. The average Bonchev–Trinajstić information content (AvgIpc) is 3.28. The number of nitrogens with zero attached hydrogens (tertiary/aromatic N) is 6. The van der Waals surface area contributed by atoms with Gasteiger partial charge in [-0.2, -0.15) is 0 Å². The zero-order chi connectivity index (χ0) is 17.8. The molecule has 1 aliphatic rings. The quantitative estimate of drug-likeness (QED) is 0.736. The number of fused-ring (bicyclic) bond motifs is 1. The number of hydrogen-bond donors (Lipinski definition) is 1. The van der Waals surface area contributed by atoms with Gasteiger partial charge in [-0.25, -0.2) is 9.67 Å². The lowest BCUT2D eigenvalue weighted by Crippen LogP contribution is -2.32. The van der Waals surface area contributed by atoms with Crippen molar-refractivity contribution in [3.63, 3.8) is 0 Å². The number of thiazole rings is 1. The van der Waals surface area contributed by atoms with Crippen molar-refractivity contribution in [2.24, 2.45) is 0 Å². The SMILES string of the molecule is O=C(NCCc1csc(-c2cccnc2)n1)[C@@H]1CCCCn2nnnc21. The topological polar surface area (TPSA) is 98.5 Å². The Kier molecular flexibility index (Phi) is 4.96. The Bertz CT molecular complexity index is 876. The largest absolute Gasteiger partial charge is 0.355 e. The van der Waals surface area contributed by atoms with Crippen LogP contribution in [0.1, 0.15) is 36.7 Å². The summed E-state index contributed by atoms with van der Waals surface area (Å²) in [6.45, 7) is 1.33. The van der Waals surface area contributed by atoms with Crippen molar-refractivity contribution in [3.8, 4) is 10.6 Å². The third-order valence-electron chi connectivity index (χ3n) is 4.44. The first-order valence-electron chi connectivity index (χ1n) is 8.70. The Morgan fingerprint density at radius 2 is 2.35 bits per heavy atom. The number of rotatable bonds is 5. The van der Waals surface area contributed by atoms with Crippen molar-refractivity contribution in [2.75, 3.05) is 6.54 Å². The summed E-state index contributed by atoms with van der Waals surface area (Å²) in [6, 6.07) is 3.89. The van der Waals surface area contributed by atoms with Crippen LogP contribution in [0.15, 0.2) is 29.9 Å². The van der Waals surface area contributed by atoms with Gasteiger partial charge < -0.3 is 5.32 Å². The summed E-state index contributed by atoms with van der Waals surface area (Å²) in [5.74, 6) is 0.395. The molecule has 3 aromatic heterocycles. The van der Waals surface area contributed by atoms with Gasteiger partial charge in [0.15, 0.2) is 5.82 Å². The lowest BCUT2D eigenvalue weighted by atomic mass is 10.0. The van der Waals surface area contributed by atoms with E-state index in [2.05, 4.69) is 30.8 Å². The Morgan fingerprint density at radius 1 is 1.38 bits per heavy atom. The normalized spacial score (nSPS) is 16.7. The standard InChI is InChI=1S/C17H19N7OS/c25-16(14-5-1-2-9-24-15(14)21-22-23-24)19-8-6-13-11-26-17(20-13)12-4-3-7-18-10-12/h3-4,7,10-11,14H,1-2,5-6,8-9H2,(H,19,25)/t14-/m1/s1. The van der Waals surface area contributed by atoms with Gasteiger partial charge in [-0.15, -0.1) is 16.4 Å². The molecular weight excluding hydrogens is 350 g/mol. The van der Waals surface area contributed by atoms with Gasteiger partial charge in [0.05, 0.1) is 11.6 Å². The minimum absolute atomic E-state index is 0.00865. The molecule has 4 heterocycles. The van der Waals surface area contributed by atoms with E-state index in [0.29, 0.717) is 18.8 Å². The smallest absolute Gasteiger partial charge is 0.230 e. The van der Waals surface area contributed by atoms with E-state index < -0.39 is 0 Å². The highest BCUT2D eigenvalue weighted by Gasteiger charge is 2.28. The number of aryl methyl sites for hydroxylation is 1. The molecule has 0 aliphatic carbocycles. The number of tetrazole rings is 1. The lowest BCUT2D eigenvalue weighted by molar-refractivity contribution is -0.122. The van der Waals surface area contributed by atoms with E-state index in [1.807, 2.05) is 17.5 Å². The molecule has 0 spiro atoms. The second kappa shape index (κ2) is 7.69. The molecule has 1 atom stereocenters. The van der Waals surface area contributed by atoms with Crippen LogP contribution < -0.4 is 5.32 Å². The number of pyridine rings is 1. The molecular formula is C17H19N7OS. The van der Waals surface area contributed by atoms with Crippen molar-refractivity contribution in [3.05, 3.63) is 41.4 Å². The number of aromatic nitrogens is 6. The summed E-state index contributed by atoms with van der Waals surface area (Å²) in [4.78, 5) is 21.3. The van der Waals surface area contributed by atoms with Crippen LogP contribution in [-0.2, 0) is 17.8 Å². The Balaban J connectivity index is 1.34. The van der Waals surface area contributed by atoms with Crippen LogP contribution >= 0.6 is 11.3 Å². The van der Waals surface area contributed by atoms with Crippen LogP contribution in [0.3, 0.4) is 0 Å². The highest BCUT2D eigenvalue weighted by atomic mass is 32.1. The van der Waals surface area contributed by atoms with E-state index in [1.165, 1.54) is 0 Å². The fourth-order valence-corrected chi connectivity index (χ4v) is 3.93. The van der Waals surface area contributed by atoms with Gasteiger partial charge in [-0.3, -0.25) is 9.78 Å². The molecule has 9 heteroatoms. The van der Waals surface area contributed by atoms with Crippen LogP contribution in [0.5, 0.6) is 0 Å². The third-order valence-corrected chi connectivity index (χ3v) is 5.38. The summed E-state index contributed by atoms with van der Waals surface area (Å²) in [6.07, 6.45) is 7.02. The molecule has 134 valence electrons. The van der Waals surface area contributed by atoms with Gasteiger partial charge >= 0.3 is 0 Å². The Labute approximate surface area is 154 Å². The number of carbonyl (C=O) groups excluding carboxylic acids is 1. The molecule has 3 aromatic rings. The van der Waals surface area contributed by atoms with Crippen molar-refractivity contribution in [2.45, 2.75) is 38.1 Å². The van der Waals surface area contributed by atoms with Gasteiger partial charge in [0.2, 0.25) is 5.91 Å². The summed E-state index contributed by atoms with van der Waals surface area (Å²) < 4.78 is 1.75. The van der Waals surface area contributed by atoms with Gasteiger partial charge in [-0.05, 0) is 35.4 Å². The fourth-order valence-electron chi connectivity index (χ4n) is 3.09. The molecule has 0 saturated carbocycles. The van der Waals surface area contributed by atoms with Crippen molar-refractivity contribution < 1.29 is 4.79 Å². The highest BCUT2D eigenvalue weighted by Crippen LogP contribution is 2.24. The van der Waals surface area contributed by atoms with Gasteiger partial charge in [0.25, 0.3) is 0 Å². The number of nitrogens with one attached hydrogen (secondary N) is 1. The molecule has 0 fully saturated rings. The van der Waals surface area contributed by atoms with Crippen LogP contribution in [-0.4, -0.2) is 42.6 Å². The summed E-state index contributed by atoms with van der Waals surface area (Å²) in [7, 11) is 0. The van der Waals surface area contributed by atoms with Crippen LogP contribution in [0, 0.1) is 0 Å². The molecule has 8 nitrogen and oxygen atoms in total. The maximum atomic E-state index is 12.6. The predicted octanol–water partition coefficient (Wildman–Crippen LogP) is 1.82. The number of carbonyl (C=O) groups is 1. The molecule has 1 N–H and O–H groups in total. The Morgan fingerprint density at radius 3 is 3.23 bits per heavy atom. The molecule has 0 saturated heterocycles. The monoisotopic (exact) mass is 369 g/mol. The van der Waals surface area contributed by atoms with Crippen molar-refractivity contribution in [1.82, 2.24) is 35.5 Å². The first-order chi connectivity index (χ1) is 12.8. The van der Waals surface area contributed by atoms with Crippen LogP contribution in [0.25, 0.3) is 10.6 Å². The second-order valence-electron chi connectivity index (χ2n) is 6.24. The van der Waals surface area contributed by atoms with Gasteiger partial charge in [-0.1, -0.05) is 6.42 Å². The summed E-state index contributed by atoms with van der Waals surface area (Å²) in [5.41, 5.74) is 1.98. The van der Waals surface area contributed by atoms with Gasteiger partial charge in [0.1, 0.15) is 5.01 Å². The first-order valence-corrected chi connectivity index (χ1v) is 9.58. The van der Waals surface area contributed by atoms with Crippen LogP contribution in [0.2, 0.25) is 0 Å². The Hall–Kier alpha value is -2.68. The molecule has 1 aliphatic heterocycles. The van der Waals surface area contributed by atoms with E-state index in [1.54, 1.807) is 28.4 Å². The first kappa shape index (κ1) is 16.8. The van der Waals surface area contributed by atoms with E-state index in [0.717, 1.165) is 42.1 Å². The maximum Gasteiger partial charge on any atom is 0.230 e. The average molecular weight is 369 g/mol. The van der Waals surface area contributed by atoms with Crippen molar-refractivity contribution in [1.29, 1.82) is 0 Å². The summed E-state index contributed by atoms with van der Waals surface area (Å²) >= 11 is 1.59. The highest BCUT2D eigenvalue weighted by molar-refractivity contribution is 7.13. The third kappa shape index (κ3) is 3.62. The number of amides is 1. The predicted molar refractivity (Wildman–Crippen MR) is 96.5 cm³/mol. The lowest BCUT2D eigenvalue weighted by Gasteiger charge is -2.13. The fraction of sp³-hybridized carbons (Fsp3) is 0.412.